The Labute approximate surface area is 181 Å². The molecule has 0 aliphatic heterocycles. The highest BCUT2D eigenvalue weighted by molar-refractivity contribution is 7.11. The van der Waals surface area contributed by atoms with E-state index in [0.717, 1.165) is 41.7 Å². The molecule has 7 nitrogen and oxygen atoms in total. The average molecular weight is 426 g/mol. The Morgan fingerprint density at radius 3 is 2.47 bits per heavy atom. The Hall–Kier alpha value is -3.13. The van der Waals surface area contributed by atoms with E-state index in [-0.39, 0.29) is 0 Å². The van der Waals surface area contributed by atoms with Crippen molar-refractivity contribution in [2.75, 3.05) is 20.7 Å². The van der Waals surface area contributed by atoms with Crippen LogP contribution in [0.15, 0.2) is 53.8 Å². The van der Waals surface area contributed by atoms with Crippen molar-refractivity contribution in [3.05, 3.63) is 64.2 Å². The monoisotopic (exact) mass is 425 g/mol. The van der Waals surface area contributed by atoms with Crippen molar-refractivity contribution in [2.45, 2.75) is 26.3 Å². The Morgan fingerprint density at radius 2 is 1.83 bits per heavy atom. The second-order valence-electron chi connectivity index (χ2n) is 6.46. The van der Waals surface area contributed by atoms with E-state index in [9.17, 15) is 0 Å². The zero-order valence-corrected chi connectivity index (χ0v) is 18.3. The number of aromatic nitrogens is 2. The number of nitrogens with one attached hydrogen (secondary N) is 2. The molecule has 0 aliphatic rings. The maximum atomic E-state index is 5.76. The van der Waals surface area contributed by atoms with Gasteiger partial charge in [0.25, 0.3) is 0 Å². The van der Waals surface area contributed by atoms with Crippen LogP contribution in [-0.2, 0) is 19.4 Å². The fraction of sp³-hybridized carbons (Fsp3) is 0.318. The van der Waals surface area contributed by atoms with E-state index in [1.807, 2.05) is 42.6 Å². The number of hydrogen-bond donors (Lipinski definition) is 2. The third kappa shape index (κ3) is 6.45. The summed E-state index contributed by atoms with van der Waals surface area (Å²) in [6.45, 7) is 3.55. The lowest BCUT2D eigenvalue weighted by Gasteiger charge is -2.11. The lowest BCUT2D eigenvalue weighted by atomic mass is 10.3. The number of guanidine groups is 1. The van der Waals surface area contributed by atoms with Crippen molar-refractivity contribution in [2.24, 2.45) is 4.99 Å². The number of ether oxygens (including phenoxy) is 2. The predicted molar refractivity (Wildman–Crippen MR) is 121 cm³/mol. The molecule has 0 bridgehead atoms. The molecular weight excluding hydrogens is 398 g/mol. The molecule has 3 aromatic rings. The van der Waals surface area contributed by atoms with Gasteiger partial charge in [0.05, 0.1) is 12.1 Å². The number of hydrogen-bond acceptors (Lipinski definition) is 6. The largest absolute Gasteiger partial charge is 0.497 e. The summed E-state index contributed by atoms with van der Waals surface area (Å²) in [7, 11) is 3.40. The molecule has 0 saturated carbocycles. The van der Waals surface area contributed by atoms with Crippen LogP contribution < -0.4 is 20.1 Å². The summed E-state index contributed by atoms with van der Waals surface area (Å²) in [5.41, 5.74) is 1.03. The van der Waals surface area contributed by atoms with Gasteiger partial charge in [0.15, 0.2) is 5.96 Å². The average Bonchev–Trinajstić information content (AvgIpc) is 3.25. The number of benzene rings is 1. The number of aliphatic imine (C=N–C) groups is 1. The molecule has 8 heteroatoms. The standard InChI is InChI=1S/C22H27N5O2S/c1-4-19-15-26-21(30-19)11-12-24-22(23-2)27-14-16-5-10-20(25-13-16)29-18-8-6-17(28-3)7-9-18/h5-10,13,15H,4,11-12,14H2,1-3H3,(H2,23,24,27). The number of aryl methyl sites for hydroxylation is 1. The van der Waals surface area contributed by atoms with E-state index < -0.39 is 0 Å². The Bertz CT molecular complexity index is 939. The summed E-state index contributed by atoms with van der Waals surface area (Å²) in [5.74, 6) is 2.79. The van der Waals surface area contributed by atoms with Gasteiger partial charge in [-0.25, -0.2) is 9.97 Å². The highest BCUT2D eigenvalue weighted by Crippen LogP contribution is 2.22. The van der Waals surface area contributed by atoms with Gasteiger partial charge in [-0.3, -0.25) is 4.99 Å². The van der Waals surface area contributed by atoms with E-state index in [1.54, 1.807) is 31.7 Å². The SMILES string of the molecule is CCc1cnc(CCNC(=NC)NCc2ccc(Oc3ccc(OC)cc3)nc2)s1. The zero-order chi connectivity index (χ0) is 21.2. The quantitative estimate of drug-likeness (QED) is 0.401. The van der Waals surface area contributed by atoms with Gasteiger partial charge in [-0.05, 0) is 36.2 Å². The first-order chi connectivity index (χ1) is 14.7. The van der Waals surface area contributed by atoms with Crippen molar-refractivity contribution in [1.29, 1.82) is 0 Å². The molecular formula is C22H27N5O2S. The summed E-state index contributed by atoms with van der Waals surface area (Å²) in [5, 5.41) is 7.76. The number of pyridine rings is 1. The first-order valence-electron chi connectivity index (χ1n) is 9.85. The van der Waals surface area contributed by atoms with E-state index in [1.165, 1.54) is 4.88 Å². The molecule has 2 N–H and O–H groups in total. The van der Waals surface area contributed by atoms with Gasteiger partial charge >= 0.3 is 0 Å². The topological polar surface area (TPSA) is 80.7 Å². The van der Waals surface area contributed by atoms with Crippen molar-refractivity contribution in [3.8, 4) is 17.4 Å². The van der Waals surface area contributed by atoms with Crippen LogP contribution in [0.1, 0.15) is 22.4 Å². The molecule has 30 heavy (non-hydrogen) atoms. The molecule has 0 aliphatic carbocycles. The number of methoxy groups -OCH3 is 1. The van der Waals surface area contributed by atoms with Gasteiger partial charge in [0.2, 0.25) is 5.88 Å². The molecule has 0 radical (unpaired) electrons. The van der Waals surface area contributed by atoms with Crippen LogP contribution in [0.5, 0.6) is 17.4 Å². The molecule has 2 aromatic heterocycles. The first kappa shape index (κ1) is 21.6. The molecule has 0 atom stereocenters. The molecule has 0 saturated heterocycles. The van der Waals surface area contributed by atoms with E-state index >= 15 is 0 Å². The summed E-state index contributed by atoms with van der Waals surface area (Å²) in [6, 6.07) is 11.2. The van der Waals surface area contributed by atoms with Crippen molar-refractivity contribution in [1.82, 2.24) is 20.6 Å². The zero-order valence-electron chi connectivity index (χ0n) is 17.5. The summed E-state index contributed by atoms with van der Waals surface area (Å²) in [6.07, 6.45) is 5.67. The van der Waals surface area contributed by atoms with Crippen molar-refractivity contribution < 1.29 is 9.47 Å². The maximum absolute atomic E-state index is 5.76. The highest BCUT2D eigenvalue weighted by Gasteiger charge is 2.04. The van der Waals surface area contributed by atoms with Crippen LogP contribution >= 0.6 is 11.3 Å². The van der Waals surface area contributed by atoms with Crippen LogP contribution in [0.2, 0.25) is 0 Å². The fourth-order valence-electron chi connectivity index (χ4n) is 2.66. The minimum Gasteiger partial charge on any atom is -0.497 e. The van der Waals surface area contributed by atoms with Gasteiger partial charge < -0.3 is 20.1 Å². The second-order valence-corrected chi connectivity index (χ2v) is 7.66. The third-order valence-corrected chi connectivity index (χ3v) is 5.55. The lowest BCUT2D eigenvalue weighted by molar-refractivity contribution is 0.412. The molecule has 0 unspecified atom stereocenters. The molecule has 0 fully saturated rings. The van der Waals surface area contributed by atoms with Crippen LogP contribution in [0.25, 0.3) is 0 Å². The maximum Gasteiger partial charge on any atom is 0.219 e. The Morgan fingerprint density at radius 1 is 1.03 bits per heavy atom. The highest BCUT2D eigenvalue weighted by atomic mass is 32.1. The minimum atomic E-state index is 0.543. The van der Waals surface area contributed by atoms with Crippen LogP contribution in [-0.4, -0.2) is 36.6 Å². The number of thiazole rings is 1. The normalized spacial score (nSPS) is 11.2. The van der Waals surface area contributed by atoms with Gasteiger partial charge in [-0.15, -0.1) is 11.3 Å². The molecule has 0 spiro atoms. The fourth-order valence-corrected chi connectivity index (χ4v) is 3.52. The van der Waals surface area contributed by atoms with Crippen LogP contribution in [0, 0.1) is 0 Å². The number of nitrogens with zero attached hydrogens (tertiary/aromatic N) is 3. The van der Waals surface area contributed by atoms with Gasteiger partial charge in [0.1, 0.15) is 11.5 Å². The predicted octanol–water partition coefficient (Wildman–Crippen LogP) is 3.81. The van der Waals surface area contributed by atoms with Crippen LogP contribution in [0.4, 0.5) is 0 Å². The van der Waals surface area contributed by atoms with Gasteiger partial charge in [0, 0.05) is 49.9 Å². The second kappa shape index (κ2) is 11.2. The van der Waals surface area contributed by atoms with E-state index in [0.29, 0.717) is 18.2 Å². The molecule has 1 aromatic carbocycles. The summed E-state index contributed by atoms with van der Waals surface area (Å²) < 4.78 is 10.9. The first-order valence-corrected chi connectivity index (χ1v) is 10.7. The molecule has 158 valence electrons. The third-order valence-electron chi connectivity index (χ3n) is 4.34. The van der Waals surface area contributed by atoms with E-state index in [4.69, 9.17) is 9.47 Å². The Balaban J connectivity index is 1.43. The lowest BCUT2D eigenvalue weighted by Crippen LogP contribution is -2.37. The molecule has 2 heterocycles. The van der Waals surface area contributed by atoms with Crippen LogP contribution in [0.3, 0.4) is 0 Å². The molecule has 0 amide bonds. The van der Waals surface area contributed by atoms with Gasteiger partial charge in [-0.1, -0.05) is 13.0 Å². The van der Waals surface area contributed by atoms with Crippen molar-refractivity contribution >= 4 is 17.3 Å². The molecule has 3 rings (SSSR count). The van der Waals surface area contributed by atoms with Gasteiger partial charge in [-0.2, -0.15) is 0 Å². The van der Waals surface area contributed by atoms with E-state index in [2.05, 4.69) is 32.5 Å². The minimum absolute atomic E-state index is 0.543. The smallest absolute Gasteiger partial charge is 0.219 e. The Kier molecular flexibility index (Phi) is 8.02. The van der Waals surface area contributed by atoms with Crippen molar-refractivity contribution in [3.63, 3.8) is 0 Å². The number of rotatable bonds is 9. The summed E-state index contributed by atoms with van der Waals surface area (Å²) in [4.78, 5) is 14.4. The summed E-state index contributed by atoms with van der Waals surface area (Å²) >= 11 is 1.77.